The molecule has 0 bridgehead atoms. The Labute approximate surface area is 108 Å². The Hall–Kier alpha value is 0.0649. The monoisotopic (exact) mass is 332 g/mol. The molecule has 0 radical (unpaired) electrons. The lowest BCUT2D eigenvalue weighted by Crippen LogP contribution is -2.41. The van der Waals surface area contributed by atoms with Gasteiger partial charge in [0.25, 0.3) is 0 Å². The third-order valence-corrected chi connectivity index (χ3v) is 5.43. The lowest BCUT2D eigenvalue weighted by atomic mass is 9.79. The van der Waals surface area contributed by atoms with Crippen LogP contribution in [0.5, 0.6) is 0 Å². The minimum atomic E-state index is -0.235. The smallest absolute Gasteiger partial charge is 0.399 e. The molecule has 0 aromatic rings. The first kappa shape index (κ1) is 12.5. The van der Waals surface area contributed by atoms with E-state index in [4.69, 9.17) is 9.31 Å². The summed E-state index contributed by atoms with van der Waals surface area (Å²) in [5.41, 5.74) is 0.724. The van der Waals surface area contributed by atoms with Gasteiger partial charge in [0.1, 0.15) is 0 Å². The first-order valence-electron chi connectivity index (χ1n) is 5.58. The maximum Gasteiger partial charge on any atom is 0.495 e. The van der Waals surface area contributed by atoms with Gasteiger partial charge in [0.05, 0.1) is 11.2 Å². The summed E-state index contributed by atoms with van der Waals surface area (Å²) in [7, 11) is -0.188. The van der Waals surface area contributed by atoms with Crippen LogP contribution in [0.4, 0.5) is 0 Å². The number of halogens is 1. The van der Waals surface area contributed by atoms with E-state index in [1.807, 2.05) is 0 Å². The summed E-state index contributed by atoms with van der Waals surface area (Å²) in [6.45, 7) is 8.37. The van der Waals surface area contributed by atoms with Crippen molar-refractivity contribution in [1.29, 1.82) is 0 Å². The van der Waals surface area contributed by atoms with E-state index >= 15 is 0 Å². The maximum absolute atomic E-state index is 6.02. The second-order valence-electron chi connectivity index (χ2n) is 5.12. The third-order valence-electron chi connectivity index (χ3n) is 3.34. The minimum absolute atomic E-state index is 0.0566. The van der Waals surface area contributed by atoms with Gasteiger partial charge in [-0.2, -0.15) is 0 Å². The molecule has 0 amide bonds. The zero-order valence-corrected chi connectivity index (χ0v) is 12.4. The average Bonchev–Trinajstić information content (AvgIpc) is 2.42. The Morgan fingerprint density at radius 3 is 2.44 bits per heavy atom. The van der Waals surface area contributed by atoms with Crippen LogP contribution in [0.3, 0.4) is 0 Å². The molecule has 0 aromatic heterocycles. The molecule has 0 aromatic carbocycles. The van der Waals surface area contributed by atoms with E-state index in [0.717, 1.165) is 6.42 Å². The van der Waals surface area contributed by atoms with Crippen LogP contribution >= 0.6 is 20.7 Å². The van der Waals surface area contributed by atoms with Crippen molar-refractivity contribution in [3.8, 4) is 0 Å². The van der Waals surface area contributed by atoms with Crippen molar-refractivity contribution in [2.45, 2.75) is 45.3 Å². The number of hydrogen-bond donors (Lipinski definition) is 0. The van der Waals surface area contributed by atoms with Gasteiger partial charge in [0.15, 0.2) is 0 Å². The van der Waals surface area contributed by atoms with Gasteiger partial charge < -0.3 is 9.31 Å². The summed E-state index contributed by atoms with van der Waals surface area (Å²) < 4.78 is 16.7. The summed E-state index contributed by atoms with van der Waals surface area (Å²) >= 11 is 0.0566. The maximum atomic E-state index is 6.02. The molecular weight excluding hydrogens is 314 g/mol. The fraction of sp³-hybridized carbons (Fsp3) is 0.583. The highest BCUT2D eigenvalue weighted by molar-refractivity contribution is 14.2. The van der Waals surface area contributed by atoms with Gasteiger partial charge >= 0.3 is 7.12 Å². The highest BCUT2D eigenvalue weighted by Gasteiger charge is 2.51. The second-order valence-corrected chi connectivity index (χ2v) is 7.34. The molecule has 2 aliphatic heterocycles. The predicted octanol–water partition coefficient (Wildman–Crippen LogP) is 3.23. The molecule has 1 saturated heterocycles. The summed E-state index contributed by atoms with van der Waals surface area (Å²) in [5.74, 6) is 0. The average molecular weight is 332 g/mol. The molecule has 0 unspecified atom stereocenters. The minimum Gasteiger partial charge on any atom is -0.399 e. The number of rotatable bonds is 1. The molecule has 0 aliphatic carbocycles. The van der Waals surface area contributed by atoms with Gasteiger partial charge in [-0.15, -0.1) is 0 Å². The van der Waals surface area contributed by atoms with Crippen LogP contribution in [-0.2, 0) is 9.31 Å². The summed E-state index contributed by atoms with van der Waals surface area (Å²) in [4.78, 5) is 0. The second kappa shape index (κ2) is 4.39. The van der Waals surface area contributed by atoms with Crippen LogP contribution in [0, 0.1) is 0 Å². The molecule has 1 fully saturated rings. The molecule has 16 heavy (non-hydrogen) atoms. The van der Waals surface area contributed by atoms with Gasteiger partial charge in [-0.25, -0.2) is 0 Å². The molecule has 0 atom stereocenters. The standard InChI is InChI=1S/C12H18BIO2/c1-11(2)12(3,4)16-13(15-11)10-7-5-6-8-14-9-10/h5,7-9H,6H2,1-4H3. The van der Waals surface area contributed by atoms with E-state index in [0.29, 0.717) is 0 Å². The quantitative estimate of drug-likeness (QED) is 0.542. The molecule has 88 valence electrons. The van der Waals surface area contributed by atoms with Gasteiger partial charge in [-0.3, -0.25) is 0 Å². The summed E-state index contributed by atoms with van der Waals surface area (Å²) in [6.07, 6.45) is 5.40. The predicted molar refractivity (Wildman–Crippen MR) is 78.0 cm³/mol. The zero-order chi connectivity index (χ0) is 11.8. The largest absolute Gasteiger partial charge is 0.495 e. The van der Waals surface area contributed by atoms with Crippen LogP contribution in [0.1, 0.15) is 34.1 Å². The van der Waals surface area contributed by atoms with Crippen molar-refractivity contribution in [2.24, 2.45) is 0 Å². The van der Waals surface area contributed by atoms with E-state index < -0.39 is 0 Å². The molecule has 2 heterocycles. The third kappa shape index (κ3) is 2.34. The summed E-state index contributed by atoms with van der Waals surface area (Å²) in [5, 5.41) is 0. The fourth-order valence-electron chi connectivity index (χ4n) is 1.57. The van der Waals surface area contributed by atoms with Crippen molar-refractivity contribution in [3.63, 3.8) is 0 Å². The van der Waals surface area contributed by atoms with Crippen LogP contribution < -0.4 is 0 Å². The number of hydrogen-bond acceptors (Lipinski definition) is 2. The summed E-state index contributed by atoms with van der Waals surface area (Å²) in [6, 6.07) is 0. The van der Waals surface area contributed by atoms with E-state index in [1.165, 1.54) is 5.47 Å². The molecule has 2 aliphatic rings. The van der Waals surface area contributed by atoms with Gasteiger partial charge in [0.2, 0.25) is 0 Å². The number of allylic oxidation sites excluding steroid dienone is 3. The van der Waals surface area contributed by atoms with Crippen molar-refractivity contribution >= 4 is 31.9 Å². The molecule has 2 nitrogen and oxygen atoms in total. The highest BCUT2D eigenvalue weighted by atomic mass is 127. The normalized spacial score (nSPS) is 27.2. The Kier molecular flexibility index (Phi) is 3.43. The van der Waals surface area contributed by atoms with E-state index in [2.05, 4.69) is 47.9 Å². The van der Waals surface area contributed by atoms with E-state index in [-0.39, 0.29) is 39.1 Å². The van der Waals surface area contributed by atoms with E-state index in [1.54, 1.807) is 0 Å². The molecule has 0 N–H and O–H groups in total. The Balaban J connectivity index is 2.20. The van der Waals surface area contributed by atoms with Crippen LogP contribution in [0.2, 0.25) is 0 Å². The van der Waals surface area contributed by atoms with E-state index in [9.17, 15) is 0 Å². The Morgan fingerprint density at radius 1 is 1.19 bits per heavy atom. The van der Waals surface area contributed by atoms with Crippen LogP contribution in [-0.4, -0.2) is 22.3 Å². The first-order valence-corrected chi connectivity index (χ1v) is 8.07. The van der Waals surface area contributed by atoms with Crippen molar-refractivity contribution in [2.75, 3.05) is 0 Å². The van der Waals surface area contributed by atoms with Crippen molar-refractivity contribution in [3.05, 3.63) is 21.7 Å². The van der Waals surface area contributed by atoms with Crippen molar-refractivity contribution < 1.29 is 9.31 Å². The van der Waals surface area contributed by atoms with Crippen molar-refractivity contribution in [1.82, 2.24) is 0 Å². The van der Waals surface area contributed by atoms with Gasteiger partial charge in [-0.05, 0) is 47.7 Å². The van der Waals surface area contributed by atoms with Gasteiger partial charge in [-0.1, -0.05) is 32.9 Å². The Morgan fingerprint density at radius 2 is 1.81 bits per heavy atom. The SMILES string of the molecule is CC1(C)OB(C2=CI=CCC=C2)OC1(C)C. The Bertz CT molecular complexity index is 353. The fourth-order valence-corrected chi connectivity index (χ4v) is 3.33. The lowest BCUT2D eigenvalue weighted by molar-refractivity contribution is 0.00578. The highest BCUT2D eigenvalue weighted by Crippen LogP contribution is 2.39. The molecule has 4 heteroatoms. The molecule has 0 spiro atoms. The first-order chi connectivity index (χ1) is 7.42. The molecule has 2 rings (SSSR count). The van der Waals surface area contributed by atoms with Gasteiger partial charge in [0, 0.05) is 0 Å². The lowest BCUT2D eigenvalue weighted by Gasteiger charge is -2.32. The molecule has 0 saturated carbocycles. The zero-order valence-electron chi connectivity index (χ0n) is 10.3. The van der Waals surface area contributed by atoms with Crippen LogP contribution in [0.25, 0.3) is 0 Å². The molecular formula is C12H18BIO2. The topological polar surface area (TPSA) is 18.5 Å². The van der Waals surface area contributed by atoms with Crippen LogP contribution in [0.15, 0.2) is 21.7 Å².